The van der Waals surface area contributed by atoms with Gasteiger partial charge >= 0.3 is 0 Å². The lowest BCUT2D eigenvalue weighted by Gasteiger charge is -2.19. The molecule has 1 amide bonds. The summed E-state index contributed by atoms with van der Waals surface area (Å²) in [6.45, 7) is 6.67. The first-order valence-electron chi connectivity index (χ1n) is 13.3. The molecule has 5 rings (SSSR count). The molecule has 0 aliphatic rings. The SMILES string of the molecule is CC(C)(C)c1ccc(C(=O)Nc2cccc(-c3nc(N)nc(Cc4ccc(Cn5cncn5)cc4)n3)c2CO)cc1. The number of nitrogens with two attached hydrogens (primary N) is 1. The molecule has 41 heavy (non-hydrogen) atoms. The lowest BCUT2D eigenvalue weighted by Crippen LogP contribution is -2.15. The average molecular weight is 549 g/mol. The fraction of sp³-hybridized carbons (Fsp3) is 0.226. The van der Waals surface area contributed by atoms with Crippen LogP contribution < -0.4 is 11.1 Å². The second-order valence-corrected chi connectivity index (χ2v) is 10.8. The van der Waals surface area contributed by atoms with Gasteiger partial charge < -0.3 is 16.2 Å². The van der Waals surface area contributed by atoms with Gasteiger partial charge in [0.25, 0.3) is 5.91 Å². The molecule has 2 heterocycles. The summed E-state index contributed by atoms with van der Waals surface area (Å²) in [7, 11) is 0. The van der Waals surface area contributed by atoms with Crippen LogP contribution in [0.5, 0.6) is 0 Å². The largest absolute Gasteiger partial charge is 0.392 e. The number of nitrogen functional groups attached to an aromatic ring is 1. The van der Waals surface area contributed by atoms with Gasteiger partial charge in [0, 0.05) is 28.8 Å². The predicted octanol–water partition coefficient (Wildman–Crippen LogP) is 4.39. The van der Waals surface area contributed by atoms with Crippen LogP contribution in [0.1, 0.15) is 59.2 Å². The molecule has 2 aromatic heterocycles. The van der Waals surface area contributed by atoms with E-state index in [1.54, 1.807) is 41.3 Å². The molecule has 0 saturated carbocycles. The van der Waals surface area contributed by atoms with Gasteiger partial charge in [-0.2, -0.15) is 15.1 Å². The van der Waals surface area contributed by atoms with Gasteiger partial charge in [-0.1, -0.05) is 69.3 Å². The minimum absolute atomic E-state index is 0.0132. The van der Waals surface area contributed by atoms with Crippen LogP contribution in [0.25, 0.3) is 11.4 Å². The molecule has 0 aliphatic heterocycles. The number of rotatable bonds is 8. The lowest BCUT2D eigenvalue weighted by molar-refractivity contribution is 0.102. The smallest absolute Gasteiger partial charge is 0.255 e. The maximum atomic E-state index is 13.1. The fourth-order valence-electron chi connectivity index (χ4n) is 4.48. The molecule has 0 radical (unpaired) electrons. The van der Waals surface area contributed by atoms with Crippen molar-refractivity contribution >= 4 is 17.5 Å². The minimum atomic E-state index is -0.330. The monoisotopic (exact) mass is 548 g/mol. The van der Waals surface area contributed by atoms with Gasteiger partial charge in [-0.05, 0) is 40.3 Å². The number of nitrogens with zero attached hydrogens (tertiary/aromatic N) is 6. The van der Waals surface area contributed by atoms with Crippen LogP contribution in [0.15, 0.2) is 79.4 Å². The second-order valence-electron chi connectivity index (χ2n) is 10.8. The molecule has 0 atom stereocenters. The van der Waals surface area contributed by atoms with E-state index in [1.807, 2.05) is 36.4 Å². The maximum absolute atomic E-state index is 13.1. The third kappa shape index (κ3) is 6.62. The first kappa shape index (κ1) is 27.6. The summed E-state index contributed by atoms with van der Waals surface area (Å²) in [5.41, 5.74) is 11.3. The first-order chi connectivity index (χ1) is 19.7. The van der Waals surface area contributed by atoms with E-state index in [0.717, 1.165) is 16.7 Å². The third-order valence-electron chi connectivity index (χ3n) is 6.73. The normalized spacial score (nSPS) is 11.4. The van der Waals surface area contributed by atoms with Crippen LogP contribution in [-0.4, -0.2) is 40.7 Å². The number of aliphatic hydroxyl groups excluding tert-OH is 1. The maximum Gasteiger partial charge on any atom is 0.255 e. The molecular weight excluding hydrogens is 516 g/mol. The Hall–Kier alpha value is -4.96. The van der Waals surface area contributed by atoms with Crippen molar-refractivity contribution in [2.75, 3.05) is 11.1 Å². The van der Waals surface area contributed by atoms with Gasteiger partial charge in [-0.3, -0.25) is 4.79 Å². The summed E-state index contributed by atoms with van der Waals surface area (Å²) in [5.74, 6) is 0.615. The van der Waals surface area contributed by atoms with Gasteiger partial charge in [0.1, 0.15) is 18.5 Å². The van der Waals surface area contributed by atoms with E-state index < -0.39 is 0 Å². The molecule has 5 aromatic rings. The number of benzene rings is 3. The Morgan fingerprint density at radius 1 is 0.951 bits per heavy atom. The van der Waals surface area contributed by atoms with Crippen LogP contribution >= 0.6 is 0 Å². The molecule has 0 spiro atoms. The van der Waals surface area contributed by atoms with Gasteiger partial charge in [0.05, 0.1) is 13.2 Å². The van der Waals surface area contributed by atoms with Crippen LogP contribution in [-0.2, 0) is 25.0 Å². The highest BCUT2D eigenvalue weighted by molar-refractivity contribution is 6.05. The second kappa shape index (κ2) is 11.6. The highest BCUT2D eigenvalue weighted by atomic mass is 16.3. The number of carbonyl (C=O) groups excluding carboxylic acids is 1. The van der Waals surface area contributed by atoms with Crippen LogP contribution in [0.4, 0.5) is 11.6 Å². The zero-order valence-corrected chi connectivity index (χ0v) is 23.2. The summed E-state index contributed by atoms with van der Waals surface area (Å²) in [6, 6.07) is 20.9. The number of nitrogens with one attached hydrogen (secondary N) is 1. The fourth-order valence-corrected chi connectivity index (χ4v) is 4.48. The molecule has 0 bridgehead atoms. The zero-order chi connectivity index (χ0) is 29.0. The topological polar surface area (TPSA) is 145 Å². The molecule has 4 N–H and O–H groups in total. The molecule has 0 fully saturated rings. The van der Waals surface area contributed by atoms with Crippen molar-refractivity contribution in [3.05, 3.63) is 113 Å². The van der Waals surface area contributed by atoms with E-state index in [-0.39, 0.29) is 23.9 Å². The molecule has 208 valence electrons. The molecular formula is C31H32N8O2. The van der Waals surface area contributed by atoms with Gasteiger partial charge in [-0.15, -0.1) is 0 Å². The van der Waals surface area contributed by atoms with Crippen molar-refractivity contribution in [2.24, 2.45) is 0 Å². The average Bonchev–Trinajstić information content (AvgIpc) is 3.46. The lowest BCUT2D eigenvalue weighted by atomic mass is 9.86. The van der Waals surface area contributed by atoms with E-state index in [2.05, 4.69) is 51.1 Å². The van der Waals surface area contributed by atoms with Crippen LogP contribution in [0.3, 0.4) is 0 Å². The standard InChI is InChI=1S/C31H32N8O2/c1-31(2,3)23-13-11-22(12-14-23)29(41)35-26-6-4-5-24(25(26)17-40)28-36-27(37-30(32)38-28)15-20-7-9-21(10-8-20)16-39-19-33-18-34-39/h4-14,18-19,40H,15-17H2,1-3H3,(H,35,41)(H2,32,36,37,38). The Labute approximate surface area is 238 Å². The van der Waals surface area contributed by atoms with Crippen molar-refractivity contribution in [2.45, 2.75) is 45.8 Å². The highest BCUT2D eigenvalue weighted by Gasteiger charge is 2.18. The highest BCUT2D eigenvalue weighted by Crippen LogP contribution is 2.29. The molecule has 0 unspecified atom stereocenters. The first-order valence-corrected chi connectivity index (χ1v) is 13.3. The van der Waals surface area contributed by atoms with Crippen LogP contribution in [0, 0.1) is 0 Å². The van der Waals surface area contributed by atoms with Crippen LogP contribution in [0.2, 0.25) is 0 Å². The van der Waals surface area contributed by atoms with E-state index in [0.29, 0.717) is 47.0 Å². The summed E-state index contributed by atoms with van der Waals surface area (Å²) in [6.07, 6.45) is 3.63. The number of aromatic nitrogens is 6. The number of hydrogen-bond donors (Lipinski definition) is 3. The number of carbonyl (C=O) groups is 1. The van der Waals surface area contributed by atoms with Gasteiger partial charge in [-0.25, -0.2) is 14.6 Å². The van der Waals surface area contributed by atoms with Gasteiger partial charge in [0.15, 0.2) is 5.82 Å². The quantitative estimate of drug-likeness (QED) is 0.259. The van der Waals surface area contributed by atoms with E-state index >= 15 is 0 Å². The molecule has 10 nitrogen and oxygen atoms in total. The summed E-state index contributed by atoms with van der Waals surface area (Å²) in [5, 5.41) is 17.4. The Morgan fingerprint density at radius 2 is 1.68 bits per heavy atom. The number of amides is 1. The molecule has 10 heteroatoms. The number of anilines is 2. The third-order valence-corrected chi connectivity index (χ3v) is 6.73. The Balaban J connectivity index is 1.36. The van der Waals surface area contributed by atoms with E-state index in [4.69, 9.17) is 5.73 Å². The summed E-state index contributed by atoms with van der Waals surface area (Å²) >= 11 is 0. The van der Waals surface area contributed by atoms with Crippen molar-refractivity contribution in [1.29, 1.82) is 0 Å². The Kier molecular flexibility index (Phi) is 7.84. The predicted molar refractivity (Wildman–Crippen MR) is 157 cm³/mol. The minimum Gasteiger partial charge on any atom is -0.392 e. The number of hydrogen-bond acceptors (Lipinski definition) is 8. The molecule has 0 saturated heterocycles. The number of aliphatic hydroxyl groups is 1. The van der Waals surface area contributed by atoms with E-state index in [9.17, 15) is 9.90 Å². The molecule has 0 aliphatic carbocycles. The zero-order valence-electron chi connectivity index (χ0n) is 23.2. The Morgan fingerprint density at radius 3 is 2.34 bits per heavy atom. The van der Waals surface area contributed by atoms with Gasteiger partial charge in [0.2, 0.25) is 5.95 Å². The summed E-state index contributed by atoms with van der Waals surface area (Å²) < 4.78 is 1.76. The Bertz CT molecular complexity index is 1640. The van der Waals surface area contributed by atoms with Crippen molar-refractivity contribution < 1.29 is 9.90 Å². The summed E-state index contributed by atoms with van der Waals surface area (Å²) in [4.78, 5) is 30.3. The van der Waals surface area contributed by atoms with Crippen molar-refractivity contribution in [3.63, 3.8) is 0 Å². The van der Waals surface area contributed by atoms with Crippen molar-refractivity contribution in [1.82, 2.24) is 29.7 Å². The molecule has 3 aromatic carbocycles. The van der Waals surface area contributed by atoms with E-state index in [1.165, 1.54) is 6.33 Å². The van der Waals surface area contributed by atoms with Crippen molar-refractivity contribution in [3.8, 4) is 11.4 Å².